The number of pyridine rings is 1. The Bertz CT molecular complexity index is 983. The van der Waals surface area contributed by atoms with Crippen molar-refractivity contribution in [1.82, 2.24) is 4.98 Å². The maximum atomic E-state index is 12.7. The molecule has 0 spiro atoms. The number of benzene rings is 2. The third-order valence-corrected chi connectivity index (χ3v) is 4.55. The maximum absolute atomic E-state index is 12.7. The topological polar surface area (TPSA) is 63.2 Å². The first kappa shape index (κ1) is 19.4. The van der Waals surface area contributed by atoms with Gasteiger partial charge in [0, 0.05) is 11.9 Å². The summed E-state index contributed by atoms with van der Waals surface area (Å²) in [5, 5.41) is 6.31. The Kier molecular flexibility index (Phi) is 5.94. The number of nitrogens with one attached hydrogen (secondary N) is 2. The van der Waals surface area contributed by atoms with E-state index >= 15 is 0 Å². The lowest BCUT2D eigenvalue weighted by atomic mass is 9.98. The van der Waals surface area contributed by atoms with Gasteiger partial charge in [0.15, 0.2) is 0 Å². The van der Waals surface area contributed by atoms with Crippen molar-refractivity contribution in [3.05, 3.63) is 77.6 Å². The zero-order valence-electron chi connectivity index (χ0n) is 16.6. The minimum Gasteiger partial charge on any atom is -0.495 e. The highest BCUT2D eigenvalue weighted by atomic mass is 16.5. The van der Waals surface area contributed by atoms with E-state index in [1.807, 2.05) is 12.1 Å². The van der Waals surface area contributed by atoms with Crippen molar-refractivity contribution in [2.75, 3.05) is 17.7 Å². The van der Waals surface area contributed by atoms with Gasteiger partial charge in [0.05, 0.1) is 30.2 Å². The summed E-state index contributed by atoms with van der Waals surface area (Å²) in [5.41, 5.74) is 5.29. The molecule has 144 valence electrons. The monoisotopic (exact) mass is 375 g/mol. The third-order valence-electron chi connectivity index (χ3n) is 4.55. The number of rotatable bonds is 6. The van der Waals surface area contributed by atoms with E-state index in [9.17, 15) is 4.79 Å². The van der Waals surface area contributed by atoms with Crippen molar-refractivity contribution >= 4 is 23.0 Å². The molecule has 0 aliphatic heterocycles. The molecule has 0 aliphatic rings. The Morgan fingerprint density at radius 3 is 2.61 bits per heavy atom. The van der Waals surface area contributed by atoms with Gasteiger partial charge in [0.25, 0.3) is 5.91 Å². The van der Waals surface area contributed by atoms with Crippen molar-refractivity contribution in [3.8, 4) is 5.75 Å². The predicted octanol–water partition coefficient (Wildman–Crippen LogP) is 5.52. The summed E-state index contributed by atoms with van der Waals surface area (Å²) in [6, 6.07) is 15.4. The first-order chi connectivity index (χ1) is 13.5. The van der Waals surface area contributed by atoms with Gasteiger partial charge in [-0.3, -0.25) is 9.78 Å². The maximum Gasteiger partial charge on any atom is 0.257 e. The van der Waals surface area contributed by atoms with Crippen LogP contribution in [0.5, 0.6) is 5.75 Å². The highest BCUT2D eigenvalue weighted by Gasteiger charge is 2.13. The molecule has 2 aromatic carbocycles. The van der Waals surface area contributed by atoms with Gasteiger partial charge in [0.1, 0.15) is 5.75 Å². The normalized spacial score (nSPS) is 10.6. The molecule has 0 unspecified atom stereocenters. The van der Waals surface area contributed by atoms with E-state index in [-0.39, 0.29) is 5.91 Å². The molecule has 1 amide bonds. The molecule has 0 radical (unpaired) electrons. The van der Waals surface area contributed by atoms with Gasteiger partial charge in [-0.15, -0.1) is 0 Å². The molecule has 5 nitrogen and oxygen atoms in total. The Morgan fingerprint density at radius 1 is 1.07 bits per heavy atom. The SMILES string of the molecule is COc1ccccc1NC(=O)c1cncc(Nc2c(C)cccc2C(C)C)c1. The number of ether oxygens (including phenoxy) is 1. The predicted molar refractivity (Wildman–Crippen MR) is 114 cm³/mol. The second-order valence-electron chi connectivity index (χ2n) is 6.94. The van der Waals surface area contributed by atoms with Crippen LogP contribution in [-0.2, 0) is 0 Å². The summed E-state index contributed by atoms with van der Waals surface area (Å²) in [4.78, 5) is 16.9. The molecular formula is C23H25N3O2. The molecular weight excluding hydrogens is 350 g/mol. The van der Waals surface area contributed by atoms with Crippen LogP contribution in [0, 0.1) is 6.92 Å². The lowest BCUT2D eigenvalue weighted by Crippen LogP contribution is -2.13. The number of hydrogen-bond donors (Lipinski definition) is 2. The zero-order chi connectivity index (χ0) is 20.1. The first-order valence-electron chi connectivity index (χ1n) is 9.25. The van der Waals surface area contributed by atoms with Crippen LogP contribution in [0.15, 0.2) is 60.9 Å². The molecule has 0 saturated carbocycles. The van der Waals surface area contributed by atoms with E-state index in [2.05, 4.69) is 54.6 Å². The smallest absolute Gasteiger partial charge is 0.257 e. The average Bonchev–Trinajstić information content (AvgIpc) is 2.70. The summed E-state index contributed by atoms with van der Waals surface area (Å²) in [6.07, 6.45) is 3.27. The van der Waals surface area contributed by atoms with Gasteiger partial charge < -0.3 is 15.4 Å². The largest absolute Gasteiger partial charge is 0.495 e. The third kappa shape index (κ3) is 4.31. The molecule has 1 aromatic heterocycles. The van der Waals surface area contributed by atoms with Crippen LogP contribution < -0.4 is 15.4 Å². The molecule has 0 bridgehead atoms. The molecule has 0 saturated heterocycles. The van der Waals surface area contributed by atoms with Gasteiger partial charge in [-0.25, -0.2) is 0 Å². The van der Waals surface area contributed by atoms with Gasteiger partial charge in [-0.05, 0) is 42.2 Å². The summed E-state index contributed by atoms with van der Waals surface area (Å²) < 4.78 is 5.29. The molecule has 1 heterocycles. The fourth-order valence-electron chi connectivity index (χ4n) is 3.06. The molecule has 3 aromatic rings. The molecule has 0 atom stereocenters. The number of aryl methyl sites for hydroxylation is 1. The van der Waals surface area contributed by atoms with Gasteiger partial charge in [0.2, 0.25) is 0 Å². The number of hydrogen-bond acceptors (Lipinski definition) is 4. The molecule has 5 heteroatoms. The van der Waals surface area contributed by atoms with Crippen molar-refractivity contribution < 1.29 is 9.53 Å². The lowest BCUT2D eigenvalue weighted by molar-refractivity contribution is 0.102. The minimum absolute atomic E-state index is 0.241. The molecule has 0 aliphatic carbocycles. The van der Waals surface area contributed by atoms with E-state index in [1.165, 1.54) is 5.56 Å². The summed E-state index contributed by atoms with van der Waals surface area (Å²) in [7, 11) is 1.57. The molecule has 0 fully saturated rings. The van der Waals surface area contributed by atoms with Crippen LogP contribution in [-0.4, -0.2) is 18.0 Å². The average molecular weight is 375 g/mol. The highest BCUT2D eigenvalue weighted by Crippen LogP contribution is 2.30. The zero-order valence-corrected chi connectivity index (χ0v) is 16.6. The Labute approximate surface area is 165 Å². The van der Waals surface area contributed by atoms with Crippen molar-refractivity contribution in [2.45, 2.75) is 26.7 Å². The van der Waals surface area contributed by atoms with Crippen molar-refractivity contribution in [3.63, 3.8) is 0 Å². The van der Waals surface area contributed by atoms with Crippen LogP contribution in [0.3, 0.4) is 0 Å². The first-order valence-corrected chi connectivity index (χ1v) is 9.25. The number of carbonyl (C=O) groups is 1. The lowest BCUT2D eigenvalue weighted by Gasteiger charge is -2.17. The summed E-state index contributed by atoms with van der Waals surface area (Å²) in [5.74, 6) is 0.751. The van der Waals surface area contributed by atoms with Crippen LogP contribution in [0.1, 0.15) is 41.3 Å². The number of carbonyl (C=O) groups excluding carboxylic acids is 1. The van der Waals surface area contributed by atoms with Gasteiger partial charge >= 0.3 is 0 Å². The number of para-hydroxylation sites is 3. The number of amides is 1. The highest BCUT2D eigenvalue weighted by molar-refractivity contribution is 6.05. The fourth-order valence-corrected chi connectivity index (χ4v) is 3.06. The van der Waals surface area contributed by atoms with Crippen LogP contribution in [0.2, 0.25) is 0 Å². The van der Waals surface area contributed by atoms with E-state index < -0.39 is 0 Å². The van der Waals surface area contributed by atoms with Gasteiger partial charge in [-0.1, -0.05) is 44.2 Å². The standard InChI is InChI=1S/C23H25N3O2/c1-15(2)19-9-7-8-16(3)22(19)25-18-12-17(13-24-14-18)23(27)26-20-10-5-6-11-21(20)28-4/h5-15,25H,1-4H3,(H,26,27). The number of aromatic nitrogens is 1. The van der Waals surface area contributed by atoms with E-state index in [4.69, 9.17) is 4.74 Å². The number of anilines is 3. The molecule has 28 heavy (non-hydrogen) atoms. The van der Waals surface area contributed by atoms with Crippen molar-refractivity contribution in [1.29, 1.82) is 0 Å². The Morgan fingerprint density at radius 2 is 1.86 bits per heavy atom. The summed E-state index contributed by atoms with van der Waals surface area (Å²) in [6.45, 7) is 6.39. The van der Waals surface area contributed by atoms with E-state index in [0.29, 0.717) is 22.9 Å². The Balaban J connectivity index is 1.84. The van der Waals surface area contributed by atoms with Gasteiger partial charge in [-0.2, -0.15) is 0 Å². The van der Waals surface area contributed by atoms with Crippen LogP contribution in [0.4, 0.5) is 17.1 Å². The number of methoxy groups -OCH3 is 1. The quantitative estimate of drug-likeness (QED) is 0.596. The number of nitrogens with zero attached hydrogens (tertiary/aromatic N) is 1. The second-order valence-corrected chi connectivity index (χ2v) is 6.94. The van der Waals surface area contributed by atoms with Crippen LogP contribution >= 0.6 is 0 Å². The Hall–Kier alpha value is -3.34. The van der Waals surface area contributed by atoms with Crippen molar-refractivity contribution in [2.24, 2.45) is 0 Å². The minimum atomic E-state index is -0.241. The fraction of sp³-hybridized carbons (Fsp3) is 0.217. The molecule has 2 N–H and O–H groups in total. The summed E-state index contributed by atoms with van der Waals surface area (Å²) >= 11 is 0. The van der Waals surface area contributed by atoms with Crippen LogP contribution in [0.25, 0.3) is 0 Å². The van der Waals surface area contributed by atoms with E-state index in [0.717, 1.165) is 16.9 Å². The second kappa shape index (κ2) is 8.57. The van der Waals surface area contributed by atoms with E-state index in [1.54, 1.807) is 37.7 Å². The molecule has 3 rings (SSSR count).